The zero-order valence-corrected chi connectivity index (χ0v) is 17.0. The number of anilines is 2. The topological polar surface area (TPSA) is 41.1 Å². The Hall–Kier alpha value is -1.27. The first-order chi connectivity index (χ1) is 11.8. The summed E-state index contributed by atoms with van der Waals surface area (Å²) in [4.78, 5) is 11.8. The number of thiocarbonyl (C=S) groups is 1. The molecule has 2 aromatic rings. The monoisotopic (exact) mass is 412 g/mol. The third-order valence-electron chi connectivity index (χ3n) is 3.27. The first-order valence-electron chi connectivity index (χ1n) is 7.64. The van der Waals surface area contributed by atoms with Gasteiger partial charge in [-0.25, -0.2) is 0 Å². The molecule has 0 aliphatic carbocycles. The van der Waals surface area contributed by atoms with E-state index in [1.54, 1.807) is 12.1 Å². The fraction of sp³-hybridized carbons (Fsp3) is 0.222. The smallest absolute Gasteiger partial charge is 0.226 e. The molecule has 0 aliphatic rings. The van der Waals surface area contributed by atoms with Crippen molar-refractivity contribution in [2.75, 3.05) is 10.6 Å². The highest BCUT2D eigenvalue weighted by atomic mass is 35.5. The van der Waals surface area contributed by atoms with Crippen LogP contribution in [0.15, 0.2) is 42.5 Å². The lowest BCUT2D eigenvalue weighted by atomic mass is 10.2. The van der Waals surface area contributed by atoms with E-state index in [0.717, 1.165) is 16.9 Å². The van der Waals surface area contributed by atoms with Gasteiger partial charge in [0.2, 0.25) is 5.91 Å². The molecule has 132 valence electrons. The van der Waals surface area contributed by atoms with Crippen LogP contribution in [0.2, 0.25) is 10.0 Å². The summed E-state index contributed by atoms with van der Waals surface area (Å²) < 4.78 is 0.623. The molecule has 0 bridgehead atoms. The Bertz CT molecular complexity index is 781. The van der Waals surface area contributed by atoms with Crippen molar-refractivity contribution in [2.24, 2.45) is 5.92 Å². The fourth-order valence-corrected chi connectivity index (χ4v) is 3.47. The molecule has 0 heterocycles. The third kappa shape index (κ3) is 6.51. The Morgan fingerprint density at radius 2 is 1.80 bits per heavy atom. The van der Waals surface area contributed by atoms with Crippen LogP contribution in [0.25, 0.3) is 0 Å². The Morgan fingerprint density at radius 1 is 1.12 bits per heavy atom. The molecule has 0 aromatic heterocycles. The van der Waals surface area contributed by atoms with Crippen LogP contribution in [0.1, 0.15) is 19.4 Å². The van der Waals surface area contributed by atoms with Crippen molar-refractivity contribution in [2.45, 2.75) is 19.6 Å². The lowest BCUT2D eigenvalue weighted by Crippen LogP contribution is -2.17. The van der Waals surface area contributed by atoms with Crippen molar-refractivity contribution < 1.29 is 4.79 Å². The molecule has 2 N–H and O–H groups in total. The maximum Gasteiger partial charge on any atom is 0.226 e. The molecule has 0 unspecified atom stereocenters. The first kappa shape index (κ1) is 20.0. The quantitative estimate of drug-likeness (QED) is 0.571. The summed E-state index contributed by atoms with van der Waals surface area (Å²) in [7, 11) is 0. The molecule has 0 atom stereocenters. The van der Waals surface area contributed by atoms with Crippen molar-refractivity contribution in [3.8, 4) is 0 Å². The van der Waals surface area contributed by atoms with Gasteiger partial charge in [0, 0.05) is 33.1 Å². The maximum absolute atomic E-state index is 11.8. The molecule has 0 saturated heterocycles. The lowest BCUT2D eigenvalue weighted by Gasteiger charge is -2.11. The van der Waals surface area contributed by atoms with Gasteiger partial charge in [-0.15, -0.1) is 0 Å². The largest absolute Gasteiger partial charge is 0.341 e. The number of nitrogens with one attached hydrogen (secondary N) is 2. The first-order valence-corrected chi connectivity index (χ1v) is 9.79. The Morgan fingerprint density at radius 3 is 2.44 bits per heavy atom. The third-order valence-corrected chi connectivity index (χ3v) is 5.14. The van der Waals surface area contributed by atoms with E-state index in [0.29, 0.717) is 20.1 Å². The molecule has 0 radical (unpaired) electrons. The minimum absolute atomic E-state index is 0.0218. The highest BCUT2D eigenvalue weighted by Gasteiger charge is 2.08. The molecule has 0 fully saturated rings. The van der Waals surface area contributed by atoms with Gasteiger partial charge in [-0.1, -0.05) is 73.2 Å². The summed E-state index contributed by atoms with van der Waals surface area (Å²) in [6, 6.07) is 12.9. The van der Waals surface area contributed by atoms with Crippen LogP contribution >= 0.6 is 47.2 Å². The minimum atomic E-state index is -0.0719. The van der Waals surface area contributed by atoms with Gasteiger partial charge in [0.15, 0.2) is 0 Å². The van der Waals surface area contributed by atoms with Crippen LogP contribution in [0.5, 0.6) is 0 Å². The normalized spacial score (nSPS) is 10.6. The second-order valence-corrected chi connectivity index (χ2v) is 8.16. The number of thioether (sulfide) groups is 1. The average Bonchev–Trinajstić information content (AvgIpc) is 2.54. The predicted molar refractivity (Wildman–Crippen MR) is 114 cm³/mol. The van der Waals surface area contributed by atoms with Crippen LogP contribution in [0.3, 0.4) is 0 Å². The van der Waals surface area contributed by atoms with E-state index in [1.807, 2.05) is 44.2 Å². The summed E-state index contributed by atoms with van der Waals surface area (Å²) in [5.41, 5.74) is 2.52. The second-order valence-electron chi connectivity index (χ2n) is 5.66. The van der Waals surface area contributed by atoms with Crippen LogP contribution in [0.4, 0.5) is 11.4 Å². The second kappa shape index (κ2) is 9.43. The van der Waals surface area contributed by atoms with Crippen molar-refractivity contribution in [1.29, 1.82) is 0 Å². The Balaban J connectivity index is 1.93. The maximum atomic E-state index is 11.8. The van der Waals surface area contributed by atoms with E-state index < -0.39 is 0 Å². The summed E-state index contributed by atoms with van der Waals surface area (Å²) in [6.07, 6.45) is 0. The van der Waals surface area contributed by atoms with Crippen LogP contribution < -0.4 is 10.6 Å². The van der Waals surface area contributed by atoms with Gasteiger partial charge in [-0.3, -0.25) is 4.79 Å². The van der Waals surface area contributed by atoms with Crippen LogP contribution in [-0.4, -0.2) is 10.2 Å². The molecular weight excluding hydrogens is 395 g/mol. The molecule has 3 nitrogen and oxygen atoms in total. The van der Waals surface area contributed by atoms with Crippen LogP contribution in [0, 0.1) is 5.92 Å². The molecule has 2 aromatic carbocycles. The Labute approximate surface area is 167 Å². The van der Waals surface area contributed by atoms with Crippen molar-refractivity contribution >= 4 is 68.8 Å². The number of hydrogen-bond acceptors (Lipinski definition) is 3. The number of amides is 1. The van der Waals surface area contributed by atoms with Crippen molar-refractivity contribution in [1.82, 2.24) is 0 Å². The summed E-state index contributed by atoms with van der Waals surface area (Å²) in [5.74, 6) is 0.551. The fourth-order valence-electron chi connectivity index (χ4n) is 1.90. The standard InChI is InChI=1S/C18H18Cl2N2OS2/c1-11(2)17(23)21-14-4-3-5-15(9-14)22-18(24)25-10-12-6-7-13(19)8-16(12)20/h3-9,11H,10H2,1-2H3,(H,21,23)(H,22,24). The zero-order valence-electron chi connectivity index (χ0n) is 13.8. The van der Waals surface area contributed by atoms with E-state index in [2.05, 4.69) is 10.6 Å². The molecule has 0 aliphatic heterocycles. The van der Waals surface area contributed by atoms with Crippen LogP contribution in [-0.2, 0) is 10.5 Å². The molecule has 0 saturated carbocycles. The van der Waals surface area contributed by atoms with E-state index in [4.69, 9.17) is 35.4 Å². The number of hydrogen-bond donors (Lipinski definition) is 2. The van der Waals surface area contributed by atoms with Crippen molar-refractivity contribution in [3.05, 3.63) is 58.1 Å². The minimum Gasteiger partial charge on any atom is -0.341 e. The number of halogens is 2. The van der Waals surface area contributed by atoms with Gasteiger partial charge in [0.1, 0.15) is 4.32 Å². The van der Waals surface area contributed by atoms with Gasteiger partial charge in [0.25, 0.3) is 0 Å². The predicted octanol–water partition coefficient (Wildman–Crippen LogP) is 6.22. The lowest BCUT2D eigenvalue weighted by molar-refractivity contribution is -0.118. The van der Waals surface area contributed by atoms with E-state index in [1.165, 1.54) is 11.8 Å². The molecule has 2 rings (SSSR count). The number of carbonyl (C=O) groups excluding carboxylic acids is 1. The van der Waals surface area contributed by atoms with Crippen molar-refractivity contribution in [3.63, 3.8) is 0 Å². The number of carbonyl (C=O) groups is 1. The SMILES string of the molecule is CC(C)C(=O)Nc1cccc(NC(=S)SCc2ccc(Cl)cc2Cl)c1. The summed E-state index contributed by atoms with van der Waals surface area (Å²) in [6.45, 7) is 3.70. The molecular formula is C18H18Cl2N2OS2. The van der Waals surface area contributed by atoms with Gasteiger partial charge >= 0.3 is 0 Å². The Kier molecular flexibility index (Phi) is 7.56. The van der Waals surface area contributed by atoms with Gasteiger partial charge in [-0.05, 0) is 35.9 Å². The molecule has 0 spiro atoms. The highest BCUT2D eigenvalue weighted by Crippen LogP contribution is 2.26. The number of rotatable bonds is 5. The van der Waals surface area contributed by atoms with E-state index in [-0.39, 0.29) is 11.8 Å². The zero-order chi connectivity index (χ0) is 18.4. The molecule has 1 amide bonds. The van der Waals surface area contributed by atoms with E-state index in [9.17, 15) is 4.79 Å². The molecule has 25 heavy (non-hydrogen) atoms. The van der Waals surface area contributed by atoms with Gasteiger partial charge in [0.05, 0.1) is 0 Å². The highest BCUT2D eigenvalue weighted by molar-refractivity contribution is 8.22. The molecule has 7 heteroatoms. The summed E-state index contributed by atoms with van der Waals surface area (Å²) >= 11 is 18.9. The average molecular weight is 413 g/mol. The number of benzene rings is 2. The van der Waals surface area contributed by atoms with Gasteiger partial charge < -0.3 is 10.6 Å². The summed E-state index contributed by atoms with van der Waals surface area (Å²) in [5, 5.41) is 7.26. The van der Waals surface area contributed by atoms with Gasteiger partial charge in [-0.2, -0.15) is 0 Å². The van der Waals surface area contributed by atoms with E-state index >= 15 is 0 Å².